The van der Waals surface area contributed by atoms with E-state index in [1.807, 2.05) is 66.4 Å². The molecule has 3 aromatic carbocycles. The van der Waals surface area contributed by atoms with Crippen molar-refractivity contribution in [3.8, 4) is 11.5 Å². The zero-order valence-electron chi connectivity index (χ0n) is 19.0. The Balaban J connectivity index is 1.35. The van der Waals surface area contributed by atoms with Gasteiger partial charge in [0.1, 0.15) is 18.1 Å². The van der Waals surface area contributed by atoms with Crippen molar-refractivity contribution >= 4 is 23.4 Å². The number of esters is 1. The molecule has 172 valence electrons. The van der Waals surface area contributed by atoms with Crippen molar-refractivity contribution in [1.82, 2.24) is 0 Å². The molecule has 1 unspecified atom stereocenters. The predicted octanol–water partition coefficient (Wildman–Crippen LogP) is 5.23. The Morgan fingerprint density at radius 2 is 1.70 bits per heavy atom. The number of methoxy groups -OCH3 is 1. The van der Waals surface area contributed by atoms with Crippen LogP contribution in [0.1, 0.15) is 12.5 Å². The minimum atomic E-state index is -1.13. The number of hydrogen-bond acceptors (Lipinski definition) is 6. The van der Waals surface area contributed by atoms with Gasteiger partial charge in [0, 0.05) is 23.6 Å². The van der Waals surface area contributed by atoms with Crippen LogP contribution in [0.5, 0.6) is 11.5 Å². The fourth-order valence-corrected chi connectivity index (χ4v) is 4.99. The maximum absolute atomic E-state index is 12.5. The lowest BCUT2D eigenvalue weighted by molar-refractivity contribution is -0.157. The zero-order valence-corrected chi connectivity index (χ0v) is 19.8. The molecule has 0 saturated carbocycles. The highest BCUT2D eigenvalue weighted by molar-refractivity contribution is 7.99. The van der Waals surface area contributed by atoms with Crippen molar-refractivity contribution in [2.45, 2.75) is 23.8 Å². The molecule has 33 heavy (non-hydrogen) atoms. The lowest BCUT2D eigenvalue weighted by Crippen LogP contribution is -2.44. The van der Waals surface area contributed by atoms with Crippen molar-refractivity contribution < 1.29 is 19.0 Å². The largest absolute Gasteiger partial charge is 0.492 e. The summed E-state index contributed by atoms with van der Waals surface area (Å²) in [6.45, 7) is 4.22. The number of fused-ring (bicyclic) bond motifs is 1. The molecule has 0 aliphatic carbocycles. The average molecular weight is 464 g/mol. The maximum atomic E-state index is 12.5. The number of hydrogen-bond donors (Lipinski definition) is 0. The summed E-state index contributed by atoms with van der Waals surface area (Å²) < 4.78 is 17.1. The van der Waals surface area contributed by atoms with Crippen LogP contribution in [0.3, 0.4) is 0 Å². The van der Waals surface area contributed by atoms with Gasteiger partial charge in [0.05, 0.1) is 19.3 Å². The minimum absolute atomic E-state index is 0.386. The predicted molar refractivity (Wildman–Crippen MR) is 133 cm³/mol. The molecule has 1 aliphatic rings. The molecule has 0 spiro atoms. The molecule has 0 saturated heterocycles. The SMILES string of the molecule is COC(=O)C(C)(Cc1ccc(OCCN2CCSc3ccccc32)cc1)Oc1ccccc1. The van der Waals surface area contributed by atoms with E-state index in [0.29, 0.717) is 18.8 Å². The summed E-state index contributed by atoms with van der Waals surface area (Å²) in [5.41, 5.74) is 1.12. The summed E-state index contributed by atoms with van der Waals surface area (Å²) in [6.07, 6.45) is 0.386. The summed E-state index contributed by atoms with van der Waals surface area (Å²) in [4.78, 5) is 16.2. The first kappa shape index (κ1) is 23.1. The van der Waals surface area contributed by atoms with Gasteiger partial charge in [0.25, 0.3) is 0 Å². The Hall–Kier alpha value is -3.12. The highest BCUT2D eigenvalue weighted by Crippen LogP contribution is 2.34. The quantitative estimate of drug-likeness (QED) is 0.405. The van der Waals surface area contributed by atoms with Gasteiger partial charge in [-0.15, -0.1) is 11.8 Å². The molecule has 0 amide bonds. The second kappa shape index (κ2) is 10.7. The first-order chi connectivity index (χ1) is 16.1. The van der Waals surface area contributed by atoms with Gasteiger partial charge in [0.15, 0.2) is 0 Å². The van der Waals surface area contributed by atoms with Crippen molar-refractivity contribution in [2.24, 2.45) is 0 Å². The number of carbonyl (C=O) groups is 1. The van der Waals surface area contributed by atoms with E-state index in [0.717, 1.165) is 30.2 Å². The molecule has 1 aliphatic heterocycles. The van der Waals surface area contributed by atoms with Crippen LogP contribution in [0.15, 0.2) is 83.8 Å². The first-order valence-electron chi connectivity index (χ1n) is 11.1. The fourth-order valence-electron chi connectivity index (χ4n) is 3.94. The third-order valence-corrected chi connectivity index (χ3v) is 6.67. The van der Waals surface area contributed by atoms with Crippen LogP contribution >= 0.6 is 11.8 Å². The van der Waals surface area contributed by atoms with Crippen LogP contribution < -0.4 is 14.4 Å². The van der Waals surface area contributed by atoms with E-state index in [2.05, 4.69) is 29.2 Å². The van der Waals surface area contributed by atoms with Crippen molar-refractivity contribution in [1.29, 1.82) is 0 Å². The normalized spacial score (nSPS) is 14.7. The third-order valence-electron chi connectivity index (χ3n) is 5.62. The Morgan fingerprint density at radius 3 is 2.45 bits per heavy atom. The Kier molecular flexibility index (Phi) is 7.45. The minimum Gasteiger partial charge on any atom is -0.492 e. The van der Waals surface area contributed by atoms with Gasteiger partial charge >= 0.3 is 5.97 Å². The van der Waals surface area contributed by atoms with Gasteiger partial charge < -0.3 is 19.1 Å². The van der Waals surface area contributed by atoms with Gasteiger partial charge in [-0.3, -0.25) is 0 Å². The van der Waals surface area contributed by atoms with Crippen LogP contribution in [0.2, 0.25) is 0 Å². The van der Waals surface area contributed by atoms with E-state index in [1.54, 1.807) is 6.92 Å². The van der Waals surface area contributed by atoms with Crippen LogP contribution in [-0.4, -0.2) is 44.1 Å². The maximum Gasteiger partial charge on any atom is 0.350 e. The highest BCUT2D eigenvalue weighted by atomic mass is 32.2. The van der Waals surface area contributed by atoms with Gasteiger partial charge in [-0.25, -0.2) is 4.79 Å². The van der Waals surface area contributed by atoms with Crippen LogP contribution in [0.25, 0.3) is 0 Å². The summed E-state index contributed by atoms with van der Waals surface area (Å²) in [5, 5.41) is 0. The standard InChI is InChI=1S/C27H29NO4S/c1-27(26(29)30-2,32-23-8-4-3-5-9-23)20-21-12-14-22(15-13-21)31-18-16-28-17-19-33-25-11-7-6-10-24(25)28/h3-15H,16-20H2,1-2H3. The van der Waals surface area contributed by atoms with E-state index in [-0.39, 0.29) is 0 Å². The van der Waals surface area contributed by atoms with Crippen LogP contribution in [-0.2, 0) is 16.0 Å². The lowest BCUT2D eigenvalue weighted by atomic mass is 9.96. The number of benzene rings is 3. The van der Waals surface area contributed by atoms with Gasteiger partial charge in [-0.1, -0.05) is 42.5 Å². The molecule has 3 aromatic rings. The Labute approximate surface area is 199 Å². The van der Waals surface area contributed by atoms with E-state index in [4.69, 9.17) is 14.2 Å². The summed E-state index contributed by atoms with van der Waals surface area (Å²) in [6, 6.07) is 25.7. The van der Waals surface area contributed by atoms with Crippen molar-refractivity contribution in [3.63, 3.8) is 0 Å². The summed E-state index contributed by atoms with van der Waals surface area (Å²) >= 11 is 1.91. The Bertz CT molecular complexity index is 1060. The second-order valence-corrected chi connectivity index (χ2v) is 9.25. The third kappa shape index (κ3) is 5.82. The number of anilines is 1. The van der Waals surface area contributed by atoms with E-state index < -0.39 is 11.6 Å². The number of thioether (sulfide) groups is 1. The molecule has 1 heterocycles. The van der Waals surface area contributed by atoms with E-state index in [9.17, 15) is 4.79 Å². The monoisotopic (exact) mass is 463 g/mol. The molecule has 0 fully saturated rings. The molecule has 0 N–H and O–H groups in total. The molecular weight excluding hydrogens is 434 g/mol. The molecule has 0 bridgehead atoms. The zero-order chi connectivity index (χ0) is 23.1. The molecule has 0 aromatic heterocycles. The first-order valence-corrected chi connectivity index (χ1v) is 12.1. The number of carbonyl (C=O) groups excluding carboxylic acids is 1. The number of rotatable bonds is 9. The van der Waals surface area contributed by atoms with Crippen LogP contribution in [0, 0.1) is 0 Å². The number of ether oxygens (including phenoxy) is 3. The van der Waals surface area contributed by atoms with Crippen molar-refractivity contribution in [2.75, 3.05) is 37.5 Å². The molecule has 4 rings (SSSR count). The summed E-state index contributed by atoms with van der Waals surface area (Å²) in [5.74, 6) is 2.12. The lowest BCUT2D eigenvalue weighted by Gasteiger charge is -2.30. The molecule has 6 heteroatoms. The molecular formula is C27H29NO4S. The van der Waals surface area contributed by atoms with Gasteiger partial charge in [-0.05, 0) is 48.9 Å². The Morgan fingerprint density at radius 1 is 0.970 bits per heavy atom. The topological polar surface area (TPSA) is 48.0 Å². The molecule has 1 atom stereocenters. The fraction of sp³-hybridized carbons (Fsp3) is 0.296. The van der Waals surface area contributed by atoms with Crippen molar-refractivity contribution in [3.05, 3.63) is 84.4 Å². The molecule has 0 radical (unpaired) electrons. The second-order valence-electron chi connectivity index (χ2n) is 8.11. The highest BCUT2D eigenvalue weighted by Gasteiger charge is 2.37. The van der Waals surface area contributed by atoms with E-state index in [1.165, 1.54) is 17.7 Å². The molecule has 5 nitrogen and oxygen atoms in total. The smallest absolute Gasteiger partial charge is 0.350 e. The van der Waals surface area contributed by atoms with Gasteiger partial charge in [0.2, 0.25) is 5.60 Å². The average Bonchev–Trinajstić information content (AvgIpc) is 2.85. The summed E-state index contributed by atoms with van der Waals surface area (Å²) in [7, 11) is 1.38. The number of para-hydroxylation sites is 2. The van der Waals surface area contributed by atoms with Gasteiger partial charge in [-0.2, -0.15) is 0 Å². The van der Waals surface area contributed by atoms with E-state index >= 15 is 0 Å². The number of nitrogens with zero attached hydrogens (tertiary/aromatic N) is 1. The van der Waals surface area contributed by atoms with Crippen LogP contribution in [0.4, 0.5) is 5.69 Å².